The minimum Gasteiger partial charge on any atom is -0.465 e. The Kier molecular flexibility index (Phi) is 7.91. The van der Waals surface area contributed by atoms with Gasteiger partial charge in [-0.2, -0.15) is 18.3 Å². The van der Waals surface area contributed by atoms with E-state index in [9.17, 15) is 27.6 Å². The fourth-order valence-corrected chi connectivity index (χ4v) is 4.88. The highest BCUT2D eigenvalue weighted by molar-refractivity contribution is 7.18. The number of carbonyl (C=O) groups is 3. The number of methoxy groups -OCH3 is 1. The van der Waals surface area contributed by atoms with Gasteiger partial charge in [-0.1, -0.05) is 18.5 Å². The van der Waals surface area contributed by atoms with Crippen molar-refractivity contribution in [1.29, 1.82) is 0 Å². The second-order valence-corrected chi connectivity index (χ2v) is 9.13. The molecule has 0 atom stereocenters. The number of aromatic nitrogens is 2. The summed E-state index contributed by atoms with van der Waals surface area (Å²) >= 11 is 6.82. The molecule has 2 heterocycles. The summed E-state index contributed by atoms with van der Waals surface area (Å²) in [5.74, 6) is -2.08. The van der Waals surface area contributed by atoms with Crippen LogP contribution >= 0.6 is 22.9 Å². The second-order valence-electron chi connectivity index (χ2n) is 7.73. The van der Waals surface area contributed by atoms with Crippen LogP contribution in [0.5, 0.6) is 0 Å². The van der Waals surface area contributed by atoms with E-state index in [4.69, 9.17) is 21.1 Å². The molecule has 0 spiro atoms. The number of aryl methyl sites for hydroxylation is 1. The van der Waals surface area contributed by atoms with E-state index in [0.29, 0.717) is 24.8 Å². The summed E-state index contributed by atoms with van der Waals surface area (Å²) in [6.45, 7) is 3.36. The monoisotopic (exact) mass is 521 g/mol. The molecule has 0 unspecified atom stereocenters. The van der Waals surface area contributed by atoms with Crippen molar-refractivity contribution < 1.29 is 37.0 Å². The number of anilines is 1. The third-order valence-electron chi connectivity index (χ3n) is 5.13. The number of nitrogens with one attached hydrogen (secondary N) is 1. The molecule has 0 aliphatic heterocycles. The number of halogens is 4. The van der Waals surface area contributed by atoms with Gasteiger partial charge in [-0.05, 0) is 31.7 Å². The van der Waals surface area contributed by atoms with E-state index in [-0.39, 0.29) is 46.6 Å². The second kappa shape index (κ2) is 10.3. The van der Waals surface area contributed by atoms with Crippen molar-refractivity contribution in [2.24, 2.45) is 0 Å². The highest BCUT2D eigenvalue weighted by atomic mass is 35.5. The van der Waals surface area contributed by atoms with Gasteiger partial charge in [0.2, 0.25) is 5.91 Å². The molecule has 34 heavy (non-hydrogen) atoms. The van der Waals surface area contributed by atoms with E-state index < -0.39 is 34.7 Å². The average molecular weight is 522 g/mol. The van der Waals surface area contributed by atoms with Gasteiger partial charge in [0.25, 0.3) is 0 Å². The third-order valence-corrected chi connectivity index (χ3v) is 6.69. The summed E-state index contributed by atoms with van der Waals surface area (Å²) < 4.78 is 50.7. The number of carbonyl (C=O) groups excluding carboxylic acids is 3. The van der Waals surface area contributed by atoms with Gasteiger partial charge in [-0.15, -0.1) is 11.3 Å². The number of thiophene rings is 1. The molecule has 0 aromatic carbocycles. The minimum atomic E-state index is -4.71. The number of hydrogen-bond acceptors (Lipinski definition) is 7. The van der Waals surface area contributed by atoms with Gasteiger partial charge in [0.05, 0.1) is 36.5 Å². The van der Waals surface area contributed by atoms with E-state index in [2.05, 4.69) is 10.4 Å². The predicted octanol–water partition coefficient (Wildman–Crippen LogP) is 5.18. The van der Waals surface area contributed by atoms with Crippen LogP contribution in [-0.2, 0) is 27.0 Å². The van der Waals surface area contributed by atoms with Crippen LogP contribution in [0.4, 0.5) is 18.2 Å². The van der Waals surface area contributed by atoms with Crippen LogP contribution in [-0.4, -0.2) is 41.3 Å². The van der Waals surface area contributed by atoms with Gasteiger partial charge in [0, 0.05) is 12.3 Å². The van der Waals surface area contributed by atoms with E-state index in [1.807, 2.05) is 6.92 Å². The third kappa shape index (κ3) is 5.54. The highest BCUT2D eigenvalue weighted by Gasteiger charge is 2.42. The Bertz CT molecular complexity index is 1110. The van der Waals surface area contributed by atoms with Gasteiger partial charge < -0.3 is 14.8 Å². The Labute approximate surface area is 202 Å². The van der Waals surface area contributed by atoms with Gasteiger partial charge in [-0.25, -0.2) is 9.59 Å². The molecule has 3 rings (SSSR count). The lowest BCUT2D eigenvalue weighted by Gasteiger charge is -2.09. The van der Waals surface area contributed by atoms with Crippen molar-refractivity contribution in [3.05, 3.63) is 32.4 Å². The van der Waals surface area contributed by atoms with E-state index in [1.54, 1.807) is 0 Å². The lowest BCUT2D eigenvalue weighted by atomic mass is 10.1. The Morgan fingerprint density at radius 1 is 1.26 bits per heavy atom. The molecule has 0 radical (unpaired) electrons. The Balaban J connectivity index is 1.80. The van der Waals surface area contributed by atoms with Crippen molar-refractivity contribution >= 4 is 45.8 Å². The van der Waals surface area contributed by atoms with Crippen molar-refractivity contribution in [3.63, 3.8) is 0 Å². The molecule has 186 valence electrons. The normalized spacial score (nSPS) is 13.6. The molecular weight excluding hydrogens is 499 g/mol. The number of hydrogen-bond donors (Lipinski definition) is 1. The van der Waals surface area contributed by atoms with E-state index in [0.717, 1.165) is 16.0 Å². The predicted molar refractivity (Wildman–Crippen MR) is 118 cm³/mol. The summed E-state index contributed by atoms with van der Waals surface area (Å²) in [6, 6.07) is 0. The van der Waals surface area contributed by atoms with Crippen LogP contribution in [0.3, 0.4) is 0 Å². The fraction of sp³-hybridized carbons (Fsp3) is 0.524. The van der Waals surface area contributed by atoms with Gasteiger partial charge >= 0.3 is 18.1 Å². The number of nitrogens with zero attached hydrogens (tertiary/aromatic N) is 2. The number of ether oxygens (including phenoxy) is 2. The molecule has 1 amide bonds. The molecule has 2 aromatic rings. The Morgan fingerprint density at radius 3 is 2.50 bits per heavy atom. The van der Waals surface area contributed by atoms with Crippen LogP contribution in [0.15, 0.2) is 0 Å². The largest absolute Gasteiger partial charge is 0.465 e. The van der Waals surface area contributed by atoms with Crippen molar-refractivity contribution in [1.82, 2.24) is 9.78 Å². The summed E-state index contributed by atoms with van der Waals surface area (Å²) in [4.78, 5) is 37.4. The first-order valence-corrected chi connectivity index (χ1v) is 11.7. The van der Waals surface area contributed by atoms with E-state index in [1.165, 1.54) is 14.0 Å². The van der Waals surface area contributed by atoms with Crippen LogP contribution in [0.25, 0.3) is 0 Å². The lowest BCUT2D eigenvalue weighted by molar-refractivity contribution is -0.141. The molecule has 13 heteroatoms. The first kappa shape index (κ1) is 26.0. The standard InChI is InChI=1S/C21H23ClF3N3O5S/c1-4-9-33-19(30)13-10(2)16(20(31)32-3)34-18(13)26-12(29)7-8-28-15(11-5-6-11)14(22)17(27-28)21(23,24)25/h11H,4-9H2,1-3H3,(H,26,29). The van der Waals surface area contributed by atoms with Crippen molar-refractivity contribution in [2.45, 2.75) is 58.2 Å². The van der Waals surface area contributed by atoms with Crippen molar-refractivity contribution in [2.75, 3.05) is 19.0 Å². The average Bonchev–Trinajstić information content (AvgIpc) is 3.47. The topological polar surface area (TPSA) is 99.5 Å². The van der Waals surface area contributed by atoms with Gasteiger partial charge in [0.15, 0.2) is 5.69 Å². The maximum absolute atomic E-state index is 13.2. The van der Waals surface area contributed by atoms with Crippen LogP contribution in [0.1, 0.15) is 75.5 Å². The number of amides is 1. The molecule has 1 saturated carbocycles. The zero-order valence-electron chi connectivity index (χ0n) is 18.7. The molecule has 1 aliphatic carbocycles. The Hall–Kier alpha value is -2.60. The summed E-state index contributed by atoms with van der Waals surface area (Å²) in [7, 11) is 1.19. The first-order valence-electron chi connectivity index (χ1n) is 10.5. The summed E-state index contributed by atoms with van der Waals surface area (Å²) in [6.07, 6.45) is -2.97. The fourth-order valence-electron chi connectivity index (χ4n) is 3.35. The zero-order chi connectivity index (χ0) is 25.2. The van der Waals surface area contributed by atoms with Gasteiger partial charge in [-0.3, -0.25) is 9.48 Å². The molecule has 2 aromatic heterocycles. The van der Waals surface area contributed by atoms with Gasteiger partial charge in [0.1, 0.15) is 9.88 Å². The molecular formula is C21H23ClF3N3O5S. The maximum Gasteiger partial charge on any atom is 0.436 e. The number of esters is 2. The summed E-state index contributed by atoms with van der Waals surface area (Å²) in [5.41, 5.74) is -0.565. The smallest absolute Gasteiger partial charge is 0.436 e. The number of rotatable bonds is 9. The molecule has 1 aliphatic rings. The zero-order valence-corrected chi connectivity index (χ0v) is 20.2. The molecule has 8 nitrogen and oxygen atoms in total. The molecule has 1 N–H and O–H groups in total. The maximum atomic E-state index is 13.2. The van der Waals surface area contributed by atoms with Crippen LogP contribution < -0.4 is 5.32 Å². The van der Waals surface area contributed by atoms with Crippen LogP contribution in [0.2, 0.25) is 5.02 Å². The highest BCUT2D eigenvalue weighted by Crippen LogP contribution is 2.47. The molecule has 1 fully saturated rings. The minimum absolute atomic E-state index is 0.0346. The van der Waals surface area contributed by atoms with Crippen molar-refractivity contribution in [3.8, 4) is 0 Å². The summed E-state index contributed by atoms with van der Waals surface area (Å²) in [5, 5.41) is 5.83. The number of alkyl halides is 3. The first-order chi connectivity index (χ1) is 16.0. The van der Waals surface area contributed by atoms with E-state index >= 15 is 0 Å². The van der Waals surface area contributed by atoms with Crippen LogP contribution in [0, 0.1) is 6.92 Å². The Morgan fingerprint density at radius 2 is 1.94 bits per heavy atom. The molecule has 0 bridgehead atoms. The lowest BCUT2D eigenvalue weighted by Crippen LogP contribution is -2.18. The quantitative estimate of drug-likeness (QED) is 0.456. The SMILES string of the molecule is CCCOC(=O)c1c(NC(=O)CCn2nc(C(F)(F)F)c(Cl)c2C2CC2)sc(C(=O)OC)c1C. The molecule has 0 saturated heterocycles.